The summed E-state index contributed by atoms with van der Waals surface area (Å²) >= 11 is 0. The molecule has 0 bridgehead atoms. The second-order valence-corrected chi connectivity index (χ2v) is 4.99. The number of nitrogens with zero attached hydrogens (tertiary/aromatic N) is 2. The molecule has 0 aliphatic heterocycles. The molecule has 0 radical (unpaired) electrons. The van der Waals surface area contributed by atoms with Gasteiger partial charge in [0.2, 0.25) is 0 Å². The predicted molar refractivity (Wildman–Crippen MR) is 77.8 cm³/mol. The van der Waals surface area contributed by atoms with Gasteiger partial charge in [0, 0.05) is 26.1 Å². The molecule has 0 aliphatic rings. The van der Waals surface area contributed by atoms with Gasteiger partial charge in [0.15, 0.2) is 0 Å². The summed E-state index contributed by atoms with van der Waals surface area (Å²) in [5.41, 5.74) is 8.88. The highest BCUT2D eigenvalue weighted by molar-refractivity contribution is 5.79. The van der Waals surface area contributed by atoms with Gasteiger partial charge >= 0.3 is 0 Å². The summed E-state index contributed by atoms with van der Waals surface area (Å²) in [6.07, 6.45) is 0.307. The number of benzene rings is 2. The molecule has 0 saturated heterocycles. The molecule has 0 aliphatic carbocycles. The standard InChI is InChI=1S/C16H15F2N3/c1-21-14-4-2-3-11(9-19)16(14)20-15(21)7-10-5-6-12(17)8-13(10)18/h2-6,8H,7,9,19H2,1H3. The van der Waals surface area contributed by atoms with Gasteiger partial charge in [-0.05, 0) is 23.3 Å². The molecule has 3 rings (SSSR count). The second-order valence-electron chi connectivity index (χ2n) is 4.99. The minimum Gasteiger partial charge on any atom is -0.331 e. The van der Waals surface area contributed by atoms with Crippen LogP contribution in [-0.4, -0.2) is 9.55 Å². The third-order valence-corrected chi connectivity index (χ3v) is 3.67. The summed E-state index contributed by atoms with van der Waals surface area (Å²) in [6.45, 7) is 0.401. The van der Waals surface area contributed by atoms with Crippen molar-refractivity contribution < 1.29 is 8.78 Å². The SMILES string of the molecule is Cn1c(Cc2ccc(F)cc2F)nc2c(CN)cccc21. The van der Waals surface area contributed by atoms with E-state index in [1.807, 2.05) is 29.8 Å². The molecule has 0 atom stereocenters. The Hall–Kier alpha value is -2.27. The molecule has 2 aromatic carbocycles. The van der Waals surface area contributed by atoms with Crippen LogP contribution in [0.4, 0.5) is 8.78 Å². The van der Waals surface area contributed by atoms with Crippen LogP contribution in [0.25, 0.3) is 11.0 Å². The molecule has 0 spiro atoms. The first-order valence-electron chi connectivity index (χ1n) is 6.67. The number of hydrogen-bond acceptors (Lipinski definition) is 2. The maximum atomic E-state index is 13.8. The summed E-state index contributed by atoms with van der Waals surface area (Å²) in [5, 5.41) is 0. The van der Waals surface area contributed by atoms with Gasteiger partial charge in [-0.1, -0.05) is 18.2 Å². The summed E-state index contributed by atoms with van der Waals surface area (Å²) in [6, 6.07) is 9.40. The van der Waals surface area contributed by atoms with Gasteiger partial charge in [0.25, 0.3) is 0 Å². The molecule has 3 aromatic rings. The molecule has 1 heterocycles. The third kappa shape index (κ3) is 2.40. The number of fused-ring (bicyclic) bond motifs is 1. The van der Waals surface area contributed by atoms with E-state index >= 15 is 0 Å². The van der Waals surface area contributed by atoms with E-state index in [0.717, 1.165) is 28.5 Å². The van der Waals surface area contributed by atoms with Crippen LogP contribution in [0, 0.1) is 11.6 Å². The van der Waals surface area contributed by atoms with Crippen LogP contribution >= 0.6 is 0 Å². The maximum Gasteiger partial charge on any atom is 0.129 e. The van der Waals surface area contributed by atoms with Crippen molar-refractivity contribution >= 4 is 11.0 Å². The van der Waals surface area contributed by atoms with E-state index in [0.29, 0.717) is 18.5 Å². The van der Waals surface area contributed by atoms with Crippen LogP contribution < -0.4 is 5.73 Å². The molecule has 5 heteroatoms. The van der Waals surface area contributed by atoms with Crippen LogP contribution in [0.1, 0.15) is 17.0 Å². The Morgan fingerprint density at radius 2 is 1.95 bits per heavy atom. The van der Waals surface area contributed by atoms with Crippen molar-refractivity contribution in [2.75, 3.05) is 0 Å². The molecular formula is C16H15F2N3. The fourth-order valence-electron chi connectivity index (χ4n) is 2.48. The van der Waals surface area contributed by atoms with E-state index in [2.05, 4.69) is 4.98 Å². The van der Waals surface area contributed by atoms with E-state index in [1.165, 1.54) is 12.1 Å². The normalized spacial score (nSPS) is 11.2. The number of aryl methyl sites for hydroxylation is 1. The van der Waals surface area contributed by atoms with E-state index in [9.17, 15) is 8.78 Å². The minimum absolute atomic E-state index is 0.307. The van der Waals surface area contributed by atoms with Crippen molar-refractivity contribution in [2.24, 2.45) is 12.8 Å². The Morgan fingerprint density at radius 1 is 1.14 bits per heavy atom. The topological polar surface area (TPSA) is 43.8 Å². The quantitative estimate of drug-likeness (QED) is 0.805. The van der Waals surface area contributed by atoms with Crippen molar-refractivity contribution in [2.45, 2.75) is 13.0 Å². The zero-order chi connectivity index (χ0) is 15.0. The number of nitrogens with two attached hydrogens (primary N) is 1. The van der Waals surface area contributed by atoms with Gasteiger partial charge in [-0.3, -0.25) is 0 Å². The first-order valence-corrected chi connectivity index (χ1v) is 6.67. The lowest BCUT2D eigenvalue weighted by Crippen LogP contribution is -2.01. The average molecular weight is 287 g/mol. The molecule has 0 fully saturated rings. The zero-order valence-corrected chi connectivity index (χ0v) is 11.6. The Labute approximate surface area is 121 Å². The molecule has 0 saturated carbocycles. The molecule has 21 heavy (non-hydrogen) atoms. The number of halogens is 2. The van der Waals surface area contributed by atoms with Crippen molar-refractivity contribution in [1.82, 2.24) is 9.55 Å². The van der Waals surface area contributed by atoms with E-state index in [1.54, 1.807) is 0 Å². The molecule has 0 amide bonds. The lowest BCUT2D eigenvalue weighted by molar-refractivity contribution is 0.573. The van der Waals surface area contributed by atoms with Gasteiger partial charge < -0.3 is 10.3 Å². The fourth-order valence-corrected chi connectivity index (χ4v) is 2.48. The molecule has 0 unspecified atom stereocenters. The Bertz CT molecular complexity index is 809. The number of rotatable bonds is 3. The monoisotopic (exact) mass is 287 g/mol. The van der Waals surface area contributed by atoms with E-state index in [-0.39, 0.29) is 0 Å². The zero-order valence-electron chi connectivity index (χ0n) is 11.6. The molecule has 3 nitrogen and oxygen atoms in total. The maximum absolute atomic E-state index is 13.8. The summed E-state index contributed by atoms with van der Waals surface area (Å²) < 4.78 is 28.6. The highest BCUT2D eigenvalue weighted by Gasteiger charge is 2.13. The van der Waals surface area contributed by atoms with Gasteiger partial charge in [0.05, 0.1) is 11.0 Å². The first-order chi connectivity index (χ1) is 10.1. The van der Waals surface area contributed by atoms with Crippen LogP contribution in [0.5, 0.6) is 0 Å². The Kier molecular flexibility index (Phi) is 3.43. The van der Waals surface area contributed by atoms with Gasteiger partial charge in [-0.15, -0.1) is 0 Å². The lowest BCUT2D eigenvalue weighted by atomic mass is 10.1. The van der Waals surface area contributed by atoms with Crippen LogP contribution in [0.2, 0.25) is 0 Å². The number of hydrogen-bond donors (Lipinski definition) is 1. The lowest BCUT2D eigenvalue weighted by Gasteiger charge is -2.04. The second kappa shape index (κ2) is 5.26. The molecule has 108 valence electrons. The van der Waals surface area contributed by atoms with Crippen LogP contribution in [0.15, 0.2) is 36.4 Å². The number of imidazole rings is 1. The van der Waals surface area contributed by atoms with E-state index < -0.39 is 11.6 Å². The van der Waals surface area contributed by atoms with Gasteiger partial charge in [-0.2, -0.15) is 0 Å². The summed E-state index contributed by atoms with van der Waals surface area (Å²) in [5.74, 6) is -0.413. The van der Waals surface area contributed by atoms with Crippen molar-refractivity contribution in [3.05, 3.63) is 65.0 Å². The van der Waals surface area contributed by atoms with Crippen LogP contribution in [0.3, 0.4) is 0 Å². The summed E-state index contributed by atoms with van der Waals surface area (Å²) in [7, 11) is 1.88. The Balaban J connectivity index is 2.07. The minimum atomic E-state index is -0.577. The highest BCUT2D eigenvalue weighted by atomic mass is 19.1. The first kappa shape index (κ1) is 13.7. The van der Waals surface area contributed by atoms with E-state index in [4.69, 9.17) is 5.73 Å². The number of para-hydroxylation sites is 1. The smallest absolute Gasteiger partial charge is 0.129 e. The largest absolute Gasteiger partial charge is 0.331 e. The van der Waals surface area contributed by atoms with Gasteiger partial charge in [-0.25, -0.2) is 13.8 Å². The number of aromatic nitrogens is 2. The highest BCUT2D eigenvalue weighted by Crippen LogP contribution is 2.21. The van der Waals surface area contributed by atoms with Crippen molar-refractivity contribution in [3.63, 3.8) is 0 Å². The average Bonchev–Trinajstić information content (AvgIpc) is 2.79. The predicted octanol–water partition coefficient (Wildman–Crippen LogP) is 2.90. The van der Waals surface area contributed by atoms with Gasteiger partial charge in [0.1, 0.15) is 17.5 Å². The van der Waals surface area contributed by atoms with Crippen molar-refractivity contribution in [3.8, 4) is 0 Å². The molecular weight excluding hydrogens is 272 g/mol. The van der Waals surface area contributed by atoms with Crippen molar-refractivity contribution in [1.29, 1.82) is 0 Å². The van der Waals surface area contributed by atoms with Crippen LogP contribution in [-0.2, 0) is 20.0 Å². The molecule has 1 aromatic heterocycles. The fraction of sp³-hybridized carbons (Fsp3) is 0.188. The third-order valence-electron chi connectivity index (χ3n) is 3.67. The molecule has 2 N–H and O–H groups in total. The Morgan fingerprint density at radius 3 is 2.67 bits per heavy atom. The summed E-state index contributed by atoms with van der Waals surface area (Å²) in [4.78, 5) is 4.56.